The van der Waals surface area contributed by atoms with Crippen molar-refractivity contribution in [3.05, 3.63) is 83.9 Å². The summed E-state index contributed by atoms with van der Waals surface area (Å²) in [5, 5.41) is 9.97. The van der Waals surface area contributed by atoms with Gasteiger partial charge in [-0.25, -0.2) is 4.98 Å². The number of hydrogen-bond donors (Lipinski definition) is 2. The van der Waals surface area contributed by atoms with Gasteiger partial charge in [0.05, 0.1) is 22.4 Å². The van der Waals surface area contributed by atoms with Crippen LogP contribution in [0.2, 0.25) is 0 Å². The van der Waals surface area contributed by atoms with Crippen molar-refractivity contribution in [3.63, 3.8) is 0 Å². The molecule has 2 N–H and O–H groups in total. The fourth-order valence-corrected chi connectivity index (χ4v) is 3.87. The highest BCUT2D eigenvalue weighted by molar-refractivity contribution is 8.14. The molecule has 0 fully saturated rings. The molecule has 0 aliphatic carbocycles. The lowest BCUT2D eigenvalue weighted by Crippen LogP contribution is -2.24. The summed E-state index contributed by atoms with van der Waals surface area (Å²) in [6.45, 7) is 4.14. The largest absolute Gasteiger partial charge is 0.333 e. The molecule has 4 nitrogen and oxygen atoms in total. The van der Waals surface area contributed by atoms with E-state index in [9.17, 15) is 0 Å². The van der Waals surface area contributed by atoms with Crippen LogP contribution in [0.4, 0.5) is 11.4 Å². The van der Waals surface area contributed by atoms with Crippen LogP contribution in [0.25, 0.3) is 11.0 Å². The van der Waals surface area contributed by atoms with Crippen LogP contribution in [-0.2, 0) is 0 Å². The highest BCUT2D eigenvalue weighted by Gasteiger charge is 2.20. The second kappa shape index (κ2) is 7.29. The Kier molecular flexibility index (Phi) is 4.69. The highest BCUT2D eigenvalue weighted by Crippen LogP contribution is 2.34. The molecule has 5 heteroatoms. The quantitative estimate of drug-likeness (QED) is 0.262. The number of fused-ring (bicyclic) bond motifs is 1. The van der Waals surface area contributed by atoms with Crippen molar-refractivity contribution in [1.82, 2.24) is 9.97 Å². The summed E-state index contributed by atoms with van der Waals surface area (Å²) < 4.78 is 0. The zero-order chi connectivity index (χ0) is 18.8. The van der Waals surface area contributed by atoms with Gasteiger partial charge in [-0.1, -0.05) is 48.5 Å². The number of anilines is 2. The Labute approximate surface area is 162 Å². The normalized spacial score (nSPS) is 10.9. The Bertz CT molecular complexity index is 1040. The summed E-state index contributed by atoms with van der Waals surface area (Å²) >= 11 is 1.33. The molecule has 0 aliphatic rings. The van der Waals surface area contributed by atoms with Gasteiger partial charge in [0.2, 0.25) is 0 Å². The number of nitrogens with zero attached hydrogens (tertiary/aromatic N) is 2. The third kappa shape index (κ3) is 3.46. The predicted molar refractivity (Wildman–Crippen MR) is 114 cm³/mol. The molecule has 3 aromatic carbocycles. The van der Waals surface area contributed by atoms with Gasteiger partial charge in [0.15, 0.2) is 10.3 Å². The molecule has 0 unspecified atom stereocenters. The number of benzene rings is 3. The highest BCUT2D eigenvalue weighted by atomic mass is 32.2. The standard InChI is InChI=1S/C22H20N4S/c1-15-9-3-7-13-19(15)26(20-14-8-4-10-16(20)2)21(23)27-22-24-17-11-5-6-12-18(17)25-22/h3-14,23H,1-2H3,(H,24,25). The van der Waals surface area contributed by atoms with Crippen molar-refractivity contribution in [2.75, 3.05) is 4.90 Å². The van der Waals surface area contributed by atoms with Gasteiger partial charge in [0, 0.05) is 0 Å². The summed E-state index contributed by atoms with van der Waals surface area (Å²) in [5.74, 6) is 0. The topological polar surface area (TPSA) is 55.8 Å². The van der Waals surface area contributed by atoms with E-state index in [0.717, 1.165) is 33.5 Å². The number of nitrogens with one attached hydrogen (secondary N) is 2. The van der Waals surface area contributed by atoms with E-state index < -0.39 is 0 Å². The lowest BCUT2D eigenvalue weighted by molar-refractivity contribution is 1.09. The van der Waals surface area contributed by atoms with E-state index in [4.69, 9.17) is 5.41 Å². The molecule has 1 aromatic heterocycles. The van der Waals surface area contributed by atoms with Crippen molar-refractivity contribution in [1.29, 1.82) is 5.41 Å². The summed E-state index contributed by atoms with van der Waals surface area (Å²) in [5.41, 5.74) is 6.13. The molecule has 0 amide bonds. The van der Waals surface area contributed by atoms with Gasteiger partial charge in [0.1, 0.15) is 0 Å². The number of aromatic amines is 1. The summed E-state index contributed by atoms with van der Waals surface area (Å²) in [7, 11) is 0. The van der Waals surface area contributed by atoms with E-state index in [2.05, 4.69) is 48.1 Å². The summed E-state index contributed by atoms with van der Waals surface area (Å²) in [6.07, 6.45) is 0. The first kappa shape index (κ1) is 17.4. The van der Waals surface area contributed by atoms with Gasteiger partial charge in [-0.15, -0.1) is 0 Å². The maximum Gasteiger partial charge on any atom is 0.174 e. The van der Waals surface area contributed by atoms with E-state index in [1.54, 1.807) is 0 Å². The molecule has 1 heterocycles. The minimum Gasteiger partial charge on any atom is -0.333 e. The molecule has 0 spiro atoms. The van der Waals surface area contributed by atoms with Crippen molar-refractivity contribution in [2.45, 2.75) is 19.0 Å². The van der Waals surface area contributed by atoms with Crippen molar-refractivity contribution in [2.24, 2.45) is 0 Å². The smallest absolute Gasteiger partial charge is 0.174 e. The Hall–Kier alpha value is -3.05. The number of aryl methyl sites for hydroxylation is 2. The SMILES string of the molecule is Cc1ccccc1N(C(=N)Sc1nc2ccccc2[nH]1)c1ccccc1C. The van der Waals surface area contributed by atoms with E-state index in [0.29, 0.717) is 10.3 Å². The predicted octanol–water partition coefficient (Wildman–Crippen LogP) is 6.04. The lowest BCUT2D eigenvalue weighted by Gasteiger charge is -2.27. The van der Waals surface area contributed by atoms with Crippen LogP contribution in [-0.4, -0.2) is 15.1 Å². The number of rotatable bonds is 3. The van der Waals surface area contributed by atoms with Gasteiger partial charge in [0.25, 0.3) is 0 Å². The molecule has 27 heavy (non-hydrogen) atoms. The van der Waals surface area contributed by atoms with Gasteiger partial charge >= 0.3 is 0 Å². The van der Waals surface area contributed by atoms with Crippen LogP contribution in [0.1, 0.15) is 11.1 Å². The summed E-state index contributed by atoms with van der Waals surface area (Å²) in [4.78, 5) is 9.89. The average molecular weight is 372 g/mol. The molecule has 4 rings (SSSR count). The van der Waals surface area contributed by atoms with Crippen molar-refractivity contribution < 1.29 is 0 Å². The number of amidine groups is 1. The maximum atomic E-state index is 8.85. The van der Waals surface area contributed by atoms with Crippen LogP contribution < -0.4 is 4.90 Å². The minimum absolute atomic E-state index is 0.401. The van der Waals surface area contributed by atoms with Crippen molar-refractivity contribution >= 4 is 39.3 Å². The van der Waals surface area contributed by atoms with Gasteiger partial charge in [-0.2, -0.15) is 0 Å². The first-order chi connectivity index (χ1) is 13.1. The summed E-state index contributed by atoms with van der Waals surface area (Å²) in [6, 6.07) is 24.2. The fraction of sp³-hybridized carbons (Fsp3) is 0.0909. The van der Waals surface area contributed by atoms with Crippen LogP contribution >= 0.6 is 11.8 Å². The van der Waals surface area contributed by atoms with Crippen LogP contribution in [0.15, 0.2) is 78.0 Å². The fourth-order valence-electron chi connectivity index (χ4n) is 3.09. The number of H-pyrrole nitrogens is 1. The van der Waals surface area contributed by atoms with Gasteiger partial charge in [-0.3, -0.25) is 10.3 Å². The number of imidazole rings is 1. The molecule has 0 saturated heterocycles. The number of hydrogen-bond acceptors (Lipinski definition) is 3. The number of thioether (sulfide) groups is 1. The Morgan fingerprint density at radius 3 is 2.00 bits per heavy atom. The molecule has 134 valence electrons. The Morgan fingerprint density at radius 1 is 0.852 bits per heavy atom. The molecule has 0 radical (unpaired) electrons. The van der Waals surface area contributed by atoms with Crippen molar-refractivity contribution in [3.8, 4) is 0 Å². The Balaban J connectivity index is 1.75. The number of aromatic nitrogens is 2. The third-order valence-corrected chi connectivity index (χ3v) is 5.24. The second-order valence-corrected chi connectivity index (χ2v) is 7.35. The van der Waals surface area contributed by atoms with Gasteiger partial charge in [-0.05, 0) is 61.0 Å². The first-order valence-electron chi connectivity index (χ1n) is 8.76. The number of para-hydroxylation sites is 4. The second-order valence-electron chi connectivity index (χ2n) is 6.37. The van der Waals surface area contributed by atoms with Crippen LogP contribution in [0, 0.1) is 19.3 Å². The molecule has 4 aromatic rings. The zero-order valence-corrected chi connectivity index (χ0v) is 16.0. The first-order valence-corrected chi connectivity index (χ1v) is 9.57. The zero-order valence-electron chi connectivity index (χ0n) is 15.2. The van der Waals surface area contributed by atoms with E-state index in [1.807, 2.05) is 53.4 Å². The molecular weight excluding hydrogens is 352 g/mol. The Morgan fingerprint density at radius 2 is 1.41 bits per heavy atom. The van der Waals surface area contributed by atoms with E-state index >= 15 is 0 Å². The minimum atomic E-state index is 0.401. The molecular formula is C22H20N4S. The van der Waals surface area contributed by atoms with E-state index in [1.165, 1.54) is 11.8 Å². The average Bonchev–Trinajstić information content (AvgIpc) is 3.07. The van der Waals surface area contributed by atoms with Crippen LogP contribution in [0.5, 0.6) is 0 Å². The molecule has 0 saturated carbocycles. The van der Waals surface area contributed by atoms with Crippen LogP contribution in [0.3, 0.4) is 0 Å². The third-order valence-electron chi connectivity index (χ3n) is 4.48. The molecule has 0 bridgehead atoms. The molecule has 0 atom stereocenters. The van der Waals surface area contributed by atoms with E-state index in [-0.39, 0.29) is 0 Å². The maximum absolute atomic E-state index is 8.85. The van der Waals surface area contributed by atoms with Gasteiger partial charge < -0.3 is 4.98 Å². The lowest BCUT2D eigenvalue weighted by atomic mass is 10.1. The monoisotopic (exact) mass is 372 g/mol. The molecule has 0 aliphatic heterocycles.